The molecule has 4 nitrogen and oxygen atoms in total. The zero-order valence-corrected chi connectivity index (χ0v) is 13.9. The van der Waals surface area contributed by atoms with E-state index in [2.05, 4.69) is 48.3 Å². The number of hydrogen-bond donors (Lipinski definition) is 1. The van der Waals surface area contributed by atoms with Gasteiger partial charge in [-0.1, -0.05) is 26.0 Å². The first-order valence-corrected chi connectivity index (χ1v) is 7.92. The van der Waals surface area contributed by atoms with Crippen LogP contribution >= 0.6 is 0 Å². The predicted octanol–water partition coefficient (Wildman–Crippen LogP) is 2.70. The topological polar surface area (TPSA) is 33.7 Å². The van der Waals surface area contributed by atoms with Gasteiger partial charge in [-0.3, -0.25) is 4.90 Å². The van der Waals surface area contributed by atoms with Crippen LogP contribution in [0.25, 0.3) is 0 Å². The maximum Gasteiger partial charge on any atom is 0.119 e. The maximum absolute atomic E-state index is 5.51. The molecule has 0 bridgehead atoms. The fourth-order valence-corrected chi connectivity index (χ4v) is 2.35. The Kier molecular flexibility index (Phi) is 9.06. The SMILES string of the molecule is CCNC(CN(CC)CCOC)c1ccc(OCC)cc1. The lowest BCUT2D eigenvalue weighted by molar-refractivity contribution is 0.144. The number of hydrogen-bond acceptors (Lipinski definition) is 4. The van der Waals surface area contributed by atoms with Gasteiger partial charge in [0.1, 0.15) is 5.75 Å². The summed E-state index contributed by atoms with van der Waals surface area (Å²) in [5.41, 5.74) is 1.30. The summed E-state index contributed by atoms with van der Waals surface area (Å²) in [6, 6.07) is 8.75. The molecule has 1 aromatic rings. The summed E-state index contributed by atoms with van der Waals surface area (Å²) in [5.74, 6) is 0.934. The highest BCUT2D eigenvalue weighted by Crippen LogP contribution is 2.19. The van der Waals surface area contributed by atoms with Crippen LogP contribution in [-0.4, -0.2) is 51.4 Å². The van der Waals surface area contributed by atoms with Gasteiger partial charge in [0.05, 0.1) is 13.2 Å². The maximum atomic E-state index is 5.51. The lowest BCUT2D eigenvalue weighted by Crippen LogP contribution is -2.37. The Bertz CT molecular complexity index is 368. The quantitative estimate of drug-likeness (QED) is 0.680. The van der Waals surface area contributed by atoms with E-state index in [0.717, 1.165) is 38.5 Å². The van der Waals surface area contributed by atoms with Gasteiger partial charge in [0, 0.05) is 26.2 Å². The van der Waals surface area contributed by atoms with Crippen LogP contribution in [0.5, 0.6) is 5.75 Å². The van der Waals surface area contributed by atoms with Gasteiger partial charge in [-0.25, -0.2) is 0 Å². The number of likely N-dealkylation sites (N-methyl/N-ethyl adjacent to an activating group) is 2. The fraction of sp³-hybridized carbons (Fsp3) is 0.647. The Hall–Kier alpha value is -1.10. The second-order valence-electron chi connectivity index (χ2n) is 5.00. The van der Waals surface area contributed by atoms with Gasteiger partial charge in [0.15, 0.2) is 0 Å². The zero-order valence-electron chi connectivity index (χ0n) is 13.9. The number of rotatable bonds is 11. The Morgan fingerprint density at radius 1 is 1.14 bits per heavy atom. The van der Waals surface area contributed by atoms with Crippen molar-refractivity contribution in [2.75, 3.05) is 46.5 Å². The van der Waals surface area contributed by atoms with Crippen molar-refractivity contribution in [3.8, 4) is 5.75 Å². The third kappa shape index (κ3) is 6.46. The molecule has 0 spiro atoms. The van der Waals surface area contributed by atoms with E-state index in [1.807, 2.05) is 6.92 Å². The van der Waals surface area contributed by atoms with E-state index in [9.17, 15) is 0 Å². The molecule has 0 amide bonds. The highest BCUT2D eigenvalue weighted by molar-refractivity contribution is 5.29. The molecule has 4 heteroatoms. The number of methoxy groups -OCH3 is 1. The van der Waals surface area contributed by atoms with Crippen molar-refractivity contribution in [1.29, 1.82) is 0 Å². The summed E-state index contributed by atoms with van der Waals surface area (Å²) in [5, 5.41) is 3.57. The molecular formula is C17H30N2O2. The van der Waals surface area contributed by atoms with E-state index in [-0.39, 0.29) is 0 Å². The minimum absolute atomic E-state index is 0.336. The molecule has 0 heterocycles. The Labute approximate surface area is 129 Å². The normalized spacial score (nSPS) is 12.6. The second-order valence-corrected chi connectivity index (χ2v) is 5.00. The third-order valence-electron chi connectivity index (χ3n) is 3.54. The van der Waals surface area contributed by atoms with Crippen molar-refractivity contribution in [1.82, 2.24) is 10.2 Å². The van der Waals surface area contributed by atoms with Crippen molar-refractivity contribution in [2.24, 2.45) is 0 Å². The summed E-state index contributed by atoms with van der Waals surface area (Å²) in [6.07, 6.45) is 0. The van der Waals surface area contributed by atoms with Crippen molar-refractivity contribution < 1.29 is 9.47 Å². The molecule has 1 rings (SSSR count). The minimum atomic E-state index is 0.336. The summed E-state index contributed by atoms with van der Waals surface area (Å²) in [4.78, 5) is 2.41. The molecule has 21 heavy (non-hydrogen) atoms. The van der Waals surface area contributed by atoms with Crippen LogP contribution < -0.4 is 10.1 Å². The van der Waals surface area contributed by atoms with Crippen LogP contribution in [0, 0.1) is 0 Å². The third-order valence-corrected chi connectivity index (χ3v) is 3.54. The molecule has 0 radical (unpaired) electrons. The molecule has 1 unspecified atom stereocenters. The number of nitrogens with one attached hydrogen (secondary N) is 1. The monoisotopic (exact) mass is 294 g/mol. The van der Waals surface area contributed by atoms with Gasteiger partial charge in [0.2, 0.25) is 0 Å². The average molecular weight is 294 g/mol. The largest absolute Gasteiger partial charge is 0.494 e. The van der Waals surface area contributed by atoms with Gasteiger partial charge in [-0.2, -0.15) is 0 Å². The molecule has 1 atom stereocenters. The fourth-order valence-electron chi connectivity index (χ4n) is 2.35. The van der Waals surface area contributed by atoms with Crippen LogP contribution in [0.2, 0.25) is 0 Å². The van der Waals surface area contributed by atoms with Gasteiger partial charge in [-0.05, 0) is 37.7 Å². The minimum Gasteiger partial charge on any atom is -0.494 e. The molecule has 0 aliphatic rings. The number of nitrogens with zero attached hydrogens (tertiary/aromatic N) is 1. The lowest BCUT2D eigenvalue weighted by atomic mass is 10.1. The number of benzene rings is 1. The van der Waals surface area contributed by atoms with Gasteiger partial charge >= 0.3 is 0 Å². The first-order valence-electron chi connectivity index (χ1n) is 7.92. The highest BCUT2D eigenvalue weighted by atomic mass is 16.5. The van der Waals surface area contributed by atoms with Crippen molar-refractivity contribution in [3.05, 3.63) is 29.8 Å². The lowest BCUT2D eigenvalue weighted by Gasteiger charge is -2.27. The molecular weight excluding hydrogens is 264 g/mol. The standard InChI is InChI=1S/C17H30N2O2/c1-5-18-17(14-19(6-2)12-13-20-4)15-8-10-16(11-9-15)21-7-3/h8-11,17-18H,5-7,12-14H2,1-4H3. The summed E-state index contributed by atoms with van der Waals surface area (Å²) in [7, 11) is 1.75. The van der Waals surface area contributed by atoms with Crippen LogP contribution in [-0.2, 0) is 4.74 Å². The predicted molar refractivity (Wildman–Crippen MR) is 88.0 cm³/mol. The van der Waals surface area contributed by atoms with Gasteiger partial charge < -0.3 is 14.8 Å². The Morgan fingerprint density at radius 3 is 2.38 bits per heavy atom. The van der Waals surface area contributed by atoms with Gasteiger partial charge in [0.25, 0.3) is 0 Å². The molecule has 0 saturated heterocycles. The van der Waals surface area contributed by atoms with E-state index in [1.54, 1.807) is 7.11 Å². The van der Waals surface area contributed by atoms with Crippen LogP contribution in [0.1, 0.15) is 32.4 Å². The molecule has 0 aliphatic carbocycles. The van der Waals surface area contributed by atoms with Crippen molar-refractivity contribution in [2.45, 2.75) is 26.8 Å². The summed E-state index contributed by atoms with van der Waals surface area (Å²) >= 11 is 0. The molecule has 0 saturated carbocycles. The zero-order chi connectivity index (χ0) is 15.5. The molecule has 0 fully saturated rings. The van der Waals surface area contributed by atoms with E-state index >= 15 is 0 Å². The second kappa shape index (κ2) is 10.6. The average Bonchev–Trinajstić information content (AvgIpc) is 2.51. The van der Waals surface area contributed by atoms with Crippen LogP contribution in [0.15, 0.2) is 24.3 Å². The van der Waals surface area contributed by atoms with Crippen LogP contribution in [0.3, 0.4) is 0 Å². The summed E-state index contributed by atoms with van der Waals surface area (Å²) in [6.45, 7) is 11.8. The summed E-state index contributed by atoms with van der Waals surface area (Å²) < 4.78 is 10.7. The first kappa shape index (κ1) is 18.0. The highest BCUT2D eigenvalue weighted by Gasteiger charge is 2.14. The van der Waals surface area contributed by atoms with Gasteiger partial charge in [-0.15, -0.1) is 0 Å². The molecule has 0 aliphatic heterocycles. The molecule has 0 aromatic heterocycles. The molecule has 1 N–H and O–H groups in total. The molecule has 1 aromatic carbocycles. The Balaban J connectivity index is 2.70. The van der Waals surface area contributed by atoms with Crippen molar-refractivity contribution in [3.63, 3.8) is 0 Å². The number of ether oxygens (including phenoxy) is 2. The Morgan fingerprint density at radius 2 is 1.86 bits per heavy atom. The van der Waals surface area contributed by atoms with E-state index in [1.165, 1.54) is 5.56 Å². The van der Waals surface area contributed by atoms with E-state index in [0.29, 0.717) is 12.6 Å². The van der Waals surface area contributed by atoms with E-state index < -0.39 is 0 Å². The molecule has 120 valence electrons. The van der Waals surface area contributed by atoms with Crippen LogP contribution in [0.4, 0.5) is 0 Å². The van der Waals surface area contributed by atoms with E-state index in [4.69, 9.17) is 9.47 Å². The first-order chi connectivity index (χ1) is 10.2. The van der Waals surface area contributed by atoms with Crippen molar-refractivity contribution >= 4 is 0 Å². The smallest absolute Gasteiger partial charge is 0.119 e.